The van der Waals surface area contributed by atoms with Crippen molar-refractivity contribution in [2.24, 2.45) is 5.92 Å². The molecule has 2 aliphatic heterocycles. The van der Waals surface area contributed by atoms with Crippen LogP contribution in [-0.4, -0.2) is 50.2 Å². The highest BCUT2D eigenvalue weighted by Crippen LogP contribution is 2.16. The molecule has 4 heteroatoms. The van der Waals surface area contributed by atoms with E-state index in [0.717, 1.165) is 45.3 Å². The minimum Gasteiger partial charge on any atom is -0.381 e. The normalized spacial score (nSPS) is 28.8. The summed E-state index contributed by atoms with van der Waals surface area (Å²) in [4.78, 5) is 13.5. The smallest absolute Gasteiger partial charge is 0.221 e. The molecule has 0 aromatic heterocycles. The number of hydrogen-bond acceptors (Lipinski definition) is 3. The van der Waals surface area contributed by atoms with Crippen molar-refractivity contribution < 1.29 is 9.53 Å². The summed E-state index contributed by atoms with van der Waals surface area (Å²) in [6.07, 6.45) is 3.08. The lowest BCUT2D eigenvalue weighted by Gasteiger charge is -2.20. The molecule has 4 nitrogen and oxygen atoms in total. The van der Waals surface area contributed by atoms with Crippen molar-refractivity contribution in [2.45, 2.75) is 19.3 Å². The highest BCUT2D eigenvalue weighted by molar-refractivity contribution is 5.76. The largest absolute Gasteiger partial charge is 0.381 e. The second-order valence-electron chi connectivity index (χ2n) is 4.46. The molecule has 86 valence electrons. The summed E-state index contributed by atoms with van der Waals surface area (Å²) in [5.74, 6) is 0.943. The molecule has 0 radical (unpaired) electrons. The predicted octanol–water partition coefficient (Wildman–Crippen LogP) is 0.235. The molecule has 2 saturated heterocycles. The number of hydrogen-bond donors (Lipinski definition) is 1. The molecule has 1 unspecified atom stereocenters. The monoisotopic (exact) mass is 212 g/mol. The Hall–Kier alpha value is -0.610. The molecule has 2 rings (SSSR count). The van der Waals surface area contributed by atoms with Gasteiger partial charge in [-0.25, -0.2) is 0 Å². The van der Waals surface area contributed by atoms with Crippen molar-refractivity contribution in [1.82, 2.24) is 10.2 Å². The van der Waals surface area contributed by atoms with Crippen LogP contribution in [0.25, 0.3) is 0 Å². The summed E-state index contributed by atoms with van der Waals surface area (Å²) < 4.78 is 5.35. The van der Waals surface area contributed by atoms with E-state index < -0.39 is 0 Å². The lowest BCUT2D eigenvalue weighted by Crippen LogP contribution is -2.30. The summed E-state index contributed by atoms with van der Waals surface area (Å²) in [7, 11) is 0. The molecule has 0 aromatic carbocycles. The number of rotatable bonds is 3. The van der Waals surface area contributed by atoms with Crippen molar-refractivity contribution in [3.05, 3.63) is 0 Å². The summed E-state index contributed by atoms with van der Waals surface area (Å²) >= 11 is 0. The Labute approximate surface area is 91.0 Å². The average Bonchev–Trinajstić information content (AvgIpc) is 2.66. The van der Waals surface area contributed by atoms with E-state index in [1.807, 2.05) is 0 Å². The molecular formula is C11H20N2O2. The summed E-state index contributed by atoms with van der Waals surface area (Å²) in [6, 6.07) is 0. The molecule has 1 atom stereocenters. The summed E-state index contributed by atoms with van der Waals surface area (Å²) in [6.45, 7) is 5.71. The van der Waals surface area contributed by atoms with Crippen molar-refractivity contribution in [2.75, 3.05) is 39.4 Å². The van der Waals surface area contributed by atoms with Crippen LogP contribution in [0.1, 0.15) is 19.3 Å². The van der Waals surface area contributed by atoms with Crippen LogP contribution in [0.4, 0.5) is 0 Å². The van der Waals surface area contributed by atoms with E-state index in [1.165, 1.54) is 12.8 Å². The van der Waals surface area contributed by atoms with Crippen LogP contribution in [-0.2, 0) is 9.53 Å². The van der Waals surface area contributed by atoms with Crippen molar-refractivity contribution in [3.63, 3.8) is 0 Å². The van der Waals surface area contributed by atoms with Gasteiger partial charge in [-0.15, -0.1) is 0 Å². The zero-order valence-electron chi connectivity index (χ0n) is 9.21. The van der Waals surface area contributed by atoms with Crippen LogP contribution < -0.4 is 5.32 Å². The van der Waals surface area contributed by atoms with Crippen LogP contribution in [0.15, 0.2) is 0 Å². The predicted molar refractivity (Wildman–Crippen MR) is 57.6 cm³/mol. The second kappa shape index (κ2) is 5.47. The Kier molecular flexibility index (Phi) is 3.97. The van der Waals surface area contributed by atoms with Gasteiger partial charge in [0.2, 0.25) is 5.91 Å². The molecule has 0 aliphatic carbocycles. The van der Waals surface area contributed by atoms with Crippen LogP contribution in [0.3, 0.4) is 0 Å². The fraction of sp³-hybridized carbons (Fsp3) is 0.909. The molecule has 0 aromatic rings. The van der Waals surface area contributed by atoms with E-state index in [-0.39, 0.29) is 5.91 Å². The third-order valence-corrected chi connectivity index (χ3v) is 3.28. The summed E-state index contributed by atoms with van der Waals surface area (Å²) in [5, 5.41) is 2.90. The van der Waals surface area contributed by atoms with Crippen LogP contribution in [0, 0.1) is 5.92 Å². The van der Waals surface area contributed by atoms with Gasteiger partial charge in [-0.3, -0.25) is 4.79 Å². The third kappa shape index (κ3) is 3.47. The van der Waals surface area contributed by atoms with Gasteiger partial charge in [-0.2, -0.15) is 0 Å². The first kappa shape index (κ1) is 10.9. The molecule has 1 N–H and O–H groups in total. The first-order chi connectivity index (χ1) is 7.34. The zero-order valence-corrected chi connectivity index (χ0v) is 9.21. The van der Waals surface area contributed by atoms with E-state index in [0.29, 0.717) is 6.42 Å². The van der Waals surface area contributed by atoms with Crippen molar-refractivity contribution in [1.29, 1.82) is 0 Å². The highest BCUT2D eigenvalue weighted by Gasteiger charge is 2.18. The van der Waals surface area contributed by atoms with E-state index >= 15 is 0 Å². The molecule has 2 fully saturated rings. The van der Waals surface area contributed by atoms with Gasteiger partial charge in [0.1, 0.15) is 0 Å². The van der Waals surface area contributed by atoms with Gasteiger partial charge in [-0.1, -0.05) is 0 Å². The van der Waals surface area contributed by atoms with Gasteiger partial charge in [0, 0.05) is 39.3 Å². The highest BCUT2D eigenvalue weighted by atomic mass is 16.5. The van der Waals surface area contributed by atoms with Gasteiger partial charge < -0.3 is 15.0 Å². The number of carbonyl (C=O) groups excluding carboxylic acids is 1. The van der Waals surface area contributed by atoms with E-state index in [1.54, 1.807) is 0 Å². The maximum Gasteiger partial charge on any atom is 0.221 e. The van der Waals surface area contributed by atoms with Gasteiger partial charge in [0.25, 0.3) is 0 Å². The van der Waals surface area contributed by atoms with Gasteiger partial charge in [0.05, 0.1) is 0 Å². The standard InChI is InChI=1S/C11H20N2O2/c14-11-2-6-13(7-4-12-11)5-1-10-3-8-15-9-10/h10H,1-9H2,(H,12,14). The molecule has 2 aliphatic rings. The minimum atomic E-state index is 0.196. The maximum atomic E-state index is 11.1. The molecule has 0 spiro atoms. The first-order valence-electron chi connectivity index (χ1n) is 5.91. The van der Waals surface area contributed by atoms with E-state index in [2.05, 4.69) is 10.2 Å². The topological polar surface area (TPSA) is 41.6 Å². The second-order valence-corrected chi connectivity index (χ2v) is 4.46. The number of nitrogens with one attached hydrogen (secondary N) is 1. The Morgan fingerprint density at radius 1 is 1.47 bits per heavy atom. The SMILES string of the molecule is O=C1CCN(CCC2CCOC2)CCN1. The Morgan fingerprint density at radius 3 is 3.20 bits per heavy atom. The third-order valence-electron chi connectivity index (χ3n) is 3.28. The van der Waals surface area contributed by atoms with Crippen LogP contribution in [0.5, 0.6) is 0 Å². The first-order valence-corrected chi connectivity index (χ1v) is 5.91. The number of ether oxygens (including phenoxy) is 1. The van der Waals surface area contributed by atoms with Crippen molar-refractivity contribution >= 4 is 5.91 Å². The maximum absolute atomic E-state index is 11.1. The van der Waals surface area contributed by atoms with E-state index in [9.17, 15) is 4.79 Å². The number of amides is 1. The van der Waals surface area contributed by atoms with Gasteiger partial charge in [0.15, 0.2) is 0 Å². The van der Waals surface area contributed by atoms with Gasteiger partial charge in [-0.05, 0) is 25.3 Å². The Morgan fingerprint density at radius 2 is 2.40 bits per heavy atom. The molecule has 0 bridgehead atoms. The lowest BCUT2D eigenvalue weighted by molar-refractivity contribution is -0.120. The number of nitrogens with zero attached hydrogens (tertiary/aromatic N) is 1. The Balaban J connectivity index is 1.67. The average molecular weight is 212 g/mol. The molecule has 2 heterocycles. The van der Waals surface area contributed by atoms with E-state index in [4.69, 9.17) is 4.74 Å². The quantitative estimate of drug-likeness (QED) is 0.728. The molecule has 15 heavy (non-hydrogen) atoms. The summed E-state index contributed by atoms with van der Waals surface area (Å²) in [5.41, 5.74) is 0. The van der Waals surface area contributed by atoms with Crippen molar-refractivity contribution in [3.8, 4) is 0 Å². The van der Waals surface area contributed by atoms with Gasteiger partial charge >= 0.3 is 0 Å². The number of carbonyl (C=O) groups is 1. The Bertz CT molecular complexity index is 215. The fourth-order valence-electron chi connectivity index (χ4n) is 2.21. The van der Waals surface area contributed by atoms with Crippen LogP contribution in [0.2, 0.25) is 0 Å². The van der Waals surface area contributed by atoms with Crippen LogP contribution >= 0.6 is 0 Å². The fourth-order valence-corrected chi connectivity index (χ4v) is 2.21. The zero-order chi connectivity index (χ0) is 10.5. The molecule has 0 saturated carbocycles. The molecular weight excluding hydrogens is 192 g/mol. The lowest BCUT2D eigenvalue weighted by atomic mass is 10.1. The molecule has 1 amide bonds. The minimum absolute atomic E-state index is 0.196.